The van der Waals surface area contributed by atoms with Gasteiger partial charge in [-0.15, -0.1) is 11.3 Å². The molecule has 0 atom stereocenters. The van der Waals surface area contributed by atoms with E-state index >= 15 is 0 Å². The van der Waals surface area contributed by atoms with Gasteiger partial charge in [0.2, 0.25) is 0 Å². The summed E-state index contributed by atoms with van der Waals surface area (Å²) in [4.78, 5) is 10.6. The molecule has 3 heteroatoms. The Hall–Kier alpha value is -6.94. The minimum Gasteiger partial charge on any atom is -0.228 e. The second-order valence-corrected chi connectivity index (χ2v) is 16.9. The number of aromatic nitrogens is 2. The van der Waals surface area contributed by atoms with Crippen LogP contribution < -0.4 is 0 Å². The van der Waals surface area contributed by atoms with E-state index in [4.69, 9.17) is 9.97 Å². The van der Waals surface area contributed by atoms with Crippen molar-refractivity contribution in [1.29, 1.82) is 0 Å². The fraction of sp³-hybridized carbons (Fsp3) is 0.0545. The summed E-state index contributed by atoms with van der Waals surface area (Å²) in [5, 5.41) is 2.58. The topological polar surface area (TPSA) is 25.8 Å². The number of nitrogens with zero attached hydrogens (tertiary/aromatic N) is 2. The van der Waals surface area contributed by atoms with E-state index in [2.05, 4.69) is 202 Å². The summed E-state index contributed by atoms with van der Waals surface area (Å²) in [5.74, 6) is 0.708. The van der Waals surface area contributed by atoms with Crippen LogP contribution in [0.5, 0.6) is 0 Å². The highest BCUT2D eigenvalue weighted by Gasteiger charge is 2.35. The molecule has 0 fully saturated rings. The van der Waals surface area contributed by atoms with Crippen LogP contribution in [0.2, 0.25) is 0 Å². The van der Waals surface area contributed by atoms with Gasteiger partial charge in [-0.3, -0.25) is 0 Å². The Morgan fingerprint density at radius 1 is 0.362 bits per heavy atom. The van der Waals surface area contributed by atoms with Gasteiger partial charge in [-0.25, -0.2) is 9.97 Å². The number of fused-ring (bicyclic) bond motifs is 6. The summed E-state index contributed by atoms with van der Waals surface area (Å²) in [6.07, 6.45) is 0. The molecule has 0 saturated carbocycles. The third-order valence-electron chi connectivity index (χ3n) is 11.9. The van der Waals surface area contributed by atoms with E-state index < -0.39 is 0 Å². The van der Waals surface area contributed by atoms with Gasteiger partial charge in [0.15, 0.2) is 5.82 Å². The lowest BCUT2D eigenvalue weighted by molar-refractivity contribution is 0.660. The van der Waals surface area contributed by atoms with Gasteiger partial charge in [0.25, 0.3) is 0 Å². The molecule has 11 rings (SSSR count). The second-order valence-electron chi connectivity index (χ2n) is 15.8. The molecule has 2 heterocycles. The van der Waals surface area contributed by atoms with Crippen molar-refractivity contribution in [3.63, 3.8) is 0 Å². The van der Waals surface area contributed by atoms with Gasteiger partial charge in [-0.05, 0) is 104 Å². The molecule has 10 aromatic rings. The zero-order chi connectivity index (χ0) is 38.8. The second kappa shape index (κ2) is 13.6. The Balaban J connectivity index is 1.14. The zero-order valence-electron chi connectivity index (χ0n) is 32.3. The van der Waals surface area contributed by atoms with E-state index in [0.29, 0.717) is 5.82 Å². The maximum Gasteiger partial charge on any atom is 0.160 e. The summed E-state index contributed by atoms with van der Waals surface area (Å²) < 4.78 is 2.58. The van der Waals surface area contributed by atoms with Crippen LogP contribution in [0.4, 0.5) is 0 Å². The molecule has 0 bridgehead atoms. The van der Waals surface area contributed by atoms with Crippen molar-refractivity contribution >= 4 is 31.5 Å². The molecule has 0 aliphatic heterocycles. The molecule has 0 saturated heterocycles. The van der Waals surface area contributed by atoms with Crippen LogP contribution in [-0.2, 0) is 5.41 Å². The van der Waals surface area contributed by atoms with Crippen molar-refractivity contribution in [3.8, 4) is 78.4 Å². The molecule has 0 amide bonds. The van der Waals surface area contributed by atoms with E-state index in [9.17, 15) is 0 Å². The summed E-state index contributed by atoms with van der Waals surface area (Å²) in [7, 11) is 0. The quantitative estimate of drug-likeness (QED) is 0.169. The Morgan fingerprint density at radius 3 is 1.76 bits per heavy atom. The van der Waals surface area contributed by atoms with Crippen LogP contribution in [0.3, 0.4) is 0 Å². The van der Waals surface area contributed by atoms with Gasteiger partial charge >= 0.3 is 0 Å². The molecule has 1 aliphatic rings. The van der Waals surface area contributed by atoms with Crippen molar-refractivity contribution in [1.82, 2.24) is 9.97 Å². The van der Waals surface area contributed by atoms with Crippen LogP contribution >= 0.6 is 11.3 Å². The van der Waals surface area contributed by atoms with Crippen LogP contribution in [0.1, 0.15) is 25.0 Å². The highest BCUT2D eigenvalue weighted by atomic mass is 32.1. The molecule has 2 nitrogen and oxygen atoms in total. The SMILES string of the molecule is CC1(C)c2ccccc2-c2ccc(-c3cc(-c4cc(-c5cccc(-c6ccccc6)c5)cc(-c5cccc6sc7ccccc7c56)c4)nc(-c4ccccc4)n3)cc21. The Kier molecular flexibility index (Phi) is 8.06. The molecule has 1 aliphatic carbocycles. The third kappa shape index (κ3) is 5.78. The monoisotopic (exact) mass is 758 g/mol. The average Bonchev–Trinajstić information content (AvgIpc) is 3.78. The van der Waals surface area contributed by atoms with E-state index in [1.165, 1.54) is 59.1 Å². The highest BCUT2D eigenvalue weighted by Crippen LogP contribution is 2.50. The molecular formula is C55H38N2S. The first kappa shape index (κ1) is 34.3. The number of hydrogen-bond acceptors (Lipinski definition) is 3. The zero-order valence-corrected chi connectivity index (χ0v) is 33.1. The molecule has 0 unspecified atom stereocenters. The van der Waals surface area contributed by atoms with Crippen molar-refractivity contribution in [2.75, 3.05) is 0 Å². The fourth-order valence-electron chi connectivity index (χ4n) is 8.94. The first-order chi connectivity index (χ1) is 28.5. The van der Waals surface area contributed by atoms with Gasteiger partial charge in [0.05, 0.1) is 11.4 Å². The summed E-state index contributed by atoms with van der Waals surface area (Å²) in [6.45, 7) is 4.67. The van der Waals surface area contributed by atoms with E-state index in [0.717, 1.165) is 44.8 Å². The van der Waals surface area contributed by atoms with Crippen molar-refractivity contribution in [2.45, 2.75) is 19.3 Å². The van der Waals surface area contributed by atoms with Gasteiger partial charge in [0, 0.05) is 42.3 Å². The summed E-state index contributed by atoms with van der Waals surface area (Å²) in [5.41, 5.74) is 17.2. The smallest absolute Gasteiger partial charge is 0.160 e. The minimum absolute atomic E-state index is 0.121. The molecule has 0 spiro atoms. The van der Waals surface area contributed by atoms with Crippen LogP contribution in [0.15, 0.2) is 194 Å². The predicted octanol–water partition coefficient (Wildman–Crippen LogP) is 15.2. The van der Waals surface area contributed by atoms with Crippen LogP contribution in [-0.4, -0.2) is 9.97 Å². The first-order valence-electron chi connectivity index (χ1n) is 19.9. The Bertz CT molecular complexity index is 3190. The maximum atomic E-state index is 5.36. The molecule has 58 heavy (non-hydrogen) atoms. The van der Waals surface area contributed by atoms with E-state index in [1.807, 2.05) is 17.4 Å². The molecule has 0 N–H and O–H groups in total. The lowest BCUT2D eigenvalue weighted by Crippen LogP contribution is -2.14. The first-order valence-corrected chi connectivity index (χ1v) is 20.7. The standard InChI is InChI=1S/C55H38N2S/c1-55(2)47-24-11-9-21-44(47)45-28-27-39(33-48(45)55)49-34-50(57-54(56-49)36-17-7-4-8-18-36)42-31-40(38-20-13-19-37(29-38)35-15-5-3-6-16-35)30-41(32-42)43-23-14-26-52-53(43)46-22-10-12-25-51(46)58-52/h3-34H,1-2H3. The highest BCUT2D eigenvalue weighted by molar-refractivity contribution is 7.25. The summed E-state index contributed by atoms with van der Waals surface area (Å²) >= 11 is 1.85. The molecule has 2 aromatic heterocycles. The lowest BCUT2D eigenvalue weighted by Gasteiger charge is -2.22. The number of rotatable bonds is 6. The Morgan fingerprint density at radius 2 is 0.931 bits per heavy atom. The Labute approximate surface area is 342 Å². The summed E-state index contributed by atoms with van der Waals surface area (Å²) in [6, 6.07) is 70.2. The van der Waals surface area contributed by atoms with E-state index in [1.54, 1.807) is 0 Å². The van der Waals surface area contributed by atoms with Gasteiger partial charge in [-0.1, -0.05) is 159 Å². The number of thiophene rings is 1. The van der Waals surface area contributed by atoms with Crippen LogP contribution in [0, 0.1) is 0 Å². The lowest BCUT2D eigenvalue weighted by atomic mass is 9.82. The fourth-order valence-corrected chi connectivity index (χ4v) is 10.1. The number of benzene rings is 8. The van der Waals surface area contributed by atoms with E-state index in [-0.39, 0.29) is 5.41 Å². The van der Waals surface area contributed by atoms with Crippen molar-refractivity contribution < 1.29 is 0 Å². The maximum absolute atomic E-state index is 5.36. The normalized spacial score (nSPS) is 12.8. The third-order valence-corrected chi connectivity index (χ3v) is 13.0. The minimum atomic E-state index is -0.121. The average molecular weight is 759 g/mol. The molecule has 274 valence electrons. The molecule has 0 radical (unpaired) electrons. The van der Waals surface area contributed by atoms with Crippen LogP contribution in [0.25, 0.3) is 98.6 Å². The van der Waals surface area contributed by atoms with Crippen molar-refractivity contribution in [2.24, 2.45) is 0 Å². The van der Waals surface area contributed by atoms with Gasteiger partial charge < -0.3 is 0 Å². The van der Waals surface area contributed by atoms with Gasteiger partial charge in [0.1, 0.15) is 0 Å². The van der Waals surface area contributed by atoms with Gasteiger partial charge in [-0.2, -0.15) is 0 Å². The predicted molar refractivity (Wildman–Crippen MR) is 245 cm³/mol. The van der Waals surface area contributed by atoms with Crippen molar-refractivity contribution in [3.05, 3.63) is 205 Å². The molecule has 8 aromatic carbocycles. The number of hydrogen-bond donors (Lipinski definition) is 0. The largest absolute Gasteiger partial charge is 0.228 e. The molecular weight excluding hydrogens is 721 g/mol.